The van der Waals surface area contributed by atoms with Crippen molar-refractivity contribution in [2.24, 2.45) is 5.10 Å². The van der Waals surface area contributed by atoms with E-state index in [1.54, 1.807) is 18.5 Å². The van der Waals surface area contributed by atoms with Crippen LogP contribution < -0.4 is 5.43 Å². The summed E-state index contributed by atoms with van der Waals surface area (Å²) in [6.07, 6.45) is 5.19. The second kappa shape index (κ2) is 6.92. The summed E-state index contributed by atoms with van der Waals surface area (Å²) >= 11 is 0. The maximum absolute atomic E-state index is 12.3. The van der Waals surface area contributed by atoms with Crippen LogP contribution in [0.15, 0.2) is 70.4 Å². The third-order valence-electron chi connectivity index (χ3n) is 4.39. The van der Waals surface area contributed by atoms with Crippen LogP contribution in [0.3, 0.4) is 0 Å². The Labute approximate surface area is 156 Å². The van der Waals surface area contributed by atoms with Crippen molar-refractivity contribution in [3.8, 4) is 5.69 Å². The van der Waals surface area contributed by atoms with Crippen LogP contribution in [0.1, 0.15) is 27.5 Å². The molecule has 6 nitrogen and oxygen atoms in total. The lowest BCUT2D eigenvalue weighted by molar-refractivity contribution is 0.0929. The summed E-state index contributed by atoms with van der Waals surface area (Å²) in [6.45, 7) is 4.02. The monoisotopic (exact) mass is 358 g/mol. The highest BCUT2D eigenvalue weighted by Crippen LogP contribution is 2.20. The van der Waals surface area contributed by atoms with Crippen LogP contribution in [0.2, 0.25) is 0 Å². The molecule has 1 N–H and O–H groups in total. The van der Waals surface area contributed by atoms with E-state index >= 15 is 0 Å². The maximum Gasteiger partial charge on any atom is 0.307 e. The smallest absolute Gasteiger partial charge is 0.307 e. The molecule has 1 amide bonds. The predicted octanol–water partition coefficient (Wildman–Crippen LogP) is 4.00. The maximum atomic E-state index is 12.3. The molecule has 0 saturated carbocycles. The Morgan fingerprint density at radius 1 is 1.19 bits per heavy atom. The molecule has 27 heavy (non-hydrogen) atoms. The summed E-state index contributed by atoms with van der Waals surface area (Å²) in [5, 5.41) is 4.96. The first-order chi connectivity index (χ1) is 13.1. The van der Waals surface area contributed by atoms with Gasteiger partial charge in [0.2, 0.25) is 0 Å². The predicted molar refractivity (Wildman–Crippen MR) is 104 cm³/mol. The third-order valence-corrected chi connectivity index (χ3v) is 4.39. The number of nitrogens with zero attached hydrogens (tertiary/aromatic N) is 3. The molecule has 134 valence electrons. The Kier molecular flexibility index (Phi) is 4.30. The average molecular weight is 358 g/mol. The zero-order valence-corrected chi connectivity index (χ0v) is 15.0. The van der Waals surface area contributed by atoms with Gasteiger partial charge in [-0.1, -0.05) is 18.2 Å². The van der Waals surface area contributed by atoms with Gasteiger partial charge in [-0.2, -0.15) is 5.10 Å². The molecular weight excluding hydrogens is 340 g/mol. The van der Waals surface area contributed by atoms with Crippen molar-refractivity contribution in [1.82, 2.24) is 15.0 Å². The number of fused-ring (bicyclic) bond motifs is 1. The van der Waals surface area contributed by atoms with E-state index in [1.807, 2.05) is 62.5 Å². The van der Waals surface area contributed by atoms with Gasteiger partial charge in [0.15, 0.2) is 5.76 Å². The minimum absolute atomic E-state index is 0.231. The van der Waals surface area contributed by atoms with E-state index in [-0.39, 0.29) is 11.7 Å². The summed E-state index contributed by atoms with van der Waals surface area (Å²) in [7, 11) is 0. The van der Waals surface area contributed by atoms with Crippen LogP contribution in [-0.2, 0) is 0 Å². The molecule has 0 radical (unpaired) electrons. The van der Waals surface area contributed by atoms with Crippen LogP contribution >= 0.6 is 0 Å². The first kappa shape index (κ1) is 16.8. The van der Waals surface area contributed by atoms with Crippen molar-refractivity contribution in [3.63, 3.8) is 0 Å². The number of hydrazone groups is 1. The lowest BCUT2D eigenvalue weighted by Gasteiger charge is -2.08. The molecule has 0 bridgehead atoms. The van der Waals surface area contributed by atoms with Gasteiger partial charge in [0.25, 0.3) is 0 Å². The minimum atomic E-state index is -0.386. The van der Waals surface area contributed by atoms with Gasteiger partial charge in [0, 0.05) is 28.5 Å². The molecule has 0 saturated heterocycles. The van der Waals surface area contributed by atoms with Crippen LogP contribution in [0.25, 0.3) is 16.7 Å². The number of carbonyl (C=O) groups is 1. The first-order valence-electron chi connectivity index (χ1n) is 8.55. The van der Waals surface area contributed by atoms with Crippen molar-refractivity contribution in [3.05, 3.63) is 83.6 Å². The number of carbonyl (C=O) groups excluding carboxylic acids is 1. The summed E-state index contributed by atoms with van der Waals surface area (Å²) in [6, 6.07) is 15.1. The Bertz CT molecular complexity index is 1110. The number of aryl methyl sites for hydroxylation is 1. The third kappa shape index (κ3) is 3.25. The number of pyridine rings is 1. The van der Waals surface area contributed by atoms with Crippen molar-refractivity contribution in [1.29, 1.82) is 0 Å². The molecule has 0 spiro atoms. The second-order valence-corrected chi connectivity index (χ2v) is 6.22. The Morgan fingerprint density at radius 3 is 2.81 bits per heavy atom. The zero-order valence-electron chi connectivity index (χ0n) is 15.0. The van der Waals surface area contributed by atoms with Crippen LogP contribution in [0.4, 0.5) is 0 Å². The molecule has 3 heterocycles. The van der Waals surface area contributed by atoms with Gasteiger partial charge in [-0.25, -0.2) is 5.43 Å². The van der Waals surface area contributed by atoms with Gasteiger partial charge in [0.05, 0.1) is 18.1 Å². The van der Waals surface area contributed by atoms with Crippen molar-refractivity contribution < 1.29 is 9.21 Å². The minimum Gasteiger partial charge on any atom is -0.451 e. The highest BCUT2D eigenvalue weighted by atomic mass is 16.3. The van der Waals surface area contributed by atoms with Crippen molar-refractivity contribution in [2.75, 3.05) is 0 Å². The van der Waals surface area contributed by atoms with Gasteiger partial charge < -0.3 is 8.98 Å². The van der Waals surface area contributed by atoms with E-state index in [1.165, 1.54) is 0 Å². The lowest BCUT2D eigenvalue weighted by Crippen LogP contribution is -2.16. The molecule has 0 aliphatic rings. The number of furan rings is 1. The highest BCUT2D eigenvalue weighted by Gasteiger charge is 2.12. The number of aromatic nitrogens is 2. The van der Waals surface area contributed by atoms with Crippen molar-refractivity contribution in [2.45, 2.75) is 13.8 Å². The van der Waals surface area contributed by atoms with E-state index in [2.05, 4.69) is 20.1 Å². The molecule has 0 unspecified atom stereocenters. The SMILES string of the molecule is Cc1cc(/C=N\NC(=O)c2cc3ccccc3o2)c(C)n1-c1cccnc1. The molecule has 1 aromatic carbocycles. The number of benzene rings is 1. The Morgan fingerprint density at radius 2 is 2.04 bits per heavy atom. The van der Waals surface area contributed by atoms with Gasteiger partial charge in [-0.15, -0.1) is 0 Å². The van der Waals surface area contributed by atoms with E-state index < -0.39 is 0 Å². The normalized spacial score (nSPS) is 11.3. The Balaban J connectivity index is 1.52. The highest BCUT2D eigenvalue weighted by molar-refractivity contribution is 5.96. The summed E-state index contributed by atoms with van der Waals surface area (Å²) in [5.74, 6) is -0.155. The second-order valence-electron chi connectivity index (χ2n) is 6.22. The van der Waals surface area contributed by atoms with Gasteiger partial charge in [0.1, 0.15) is 5.58 Å². The zero-order chi connectivity index (χ0) is 18.8. The molecule has 0 aliphatic heterocycles. The fourth-order valence-corrected chi connectivity index (χ4v) is 3.11. The molecule has 0 fully saturated rings. The van der Waals surface area contributed by atoms with E-state index in [0.29, 0.717) is 5.58 Å². The van der Waals surface area contributed by atoms with E-state index in [9.17, 15) is 4.79 Å². The molecular formula is C21H18N4O2. The fourth-order valence-electron chi connectivity index (χ4n) is 3.11. The van der Waals surface area contributed by atoms with Gasteiger partial charge in [-0.3, -0.25) is 9.78 Å². The van der Waals surface area contributed by atoms with E-state index in [0.717, 1.165) is 28.0 Å². The van der Waals surface area contributed by atoms with Gasteiger partial charge in [-0.05, 0) is 44.2 Å². The topological polar surface area (TPSA) is 72.4 Å². The quantitative estimate of drug-likeness (QED) is 0.443. The largest absolute Gasteiger partial charge is 0.451 e. The summed E-state index contributed by atoms with van der Waals surface area (Å²) in [4.78, 5) is 16.4. The fraction of sp³-hybridized carbons (Fsp3) is 0.0952. The Hall–Kier alpha value is -3.67. The number of amides is 1. The number of hydrogen-bond donors (Lipinski definition) is 1. The molecule has 4 rings (SSSR count). The molecule has 4 aromatic rings. The number of rotatable bonds is 4. The average Bonchev–Trinajstić information content (AvgIpc) is 3.23. The first-order valence-corrected chi connectivity index (χ1v) is 8.55. The molecule has 3 aromatic heterocycles. The number of hydrogen-bond acceptors (Lipinski definition) is 4. The number of nitrogens with one attached hydrogen (secondary N) is 1. The van der Waals surface area contributed by atoms with Crippen LogP contribution in [0.5, 0.6) is 0 Å². The van der Waals surface area contributed by atoms with Crippen molar-refractivity contribution >= 4 is 23.1 Å². The van der Waals surface area contributed by atoms with Crippen LogP contribution in [-0.4, -0.2) is 21.7 Å². The summed E-state index contributed by atoms with van der Waals surface area (Å²) in [5.41, 5.74) is 7.17. The summed E-state index contributed by atoms with van der Waals surface area (Å²) < 4.78 is 7.63. The lowest BCUT2D eigenvalue weighted by atomic mass is 10.2. The van der Waals surface area contributed by atoms with E-state index in [4.69, 9.17) is 4.42 Å². The van der Waals surface area contributed by atoms with Gasteiger partial charge >= 0.3 is 5.91 Å². The molecule has 0 atom stereocenters. The van der Waals surface area contributed by atoms with Crippen LogP contribution in [0, 0.1) is 13.8 Å². The molecule has 0 aliphatic carbocycles. The standard InChI is InChI=1S/C21H18N4O2/c1-14-10-17(15(2)25(14)18-7-5-9-22-13-18)12-23-24-21(26)20-11-16-6-3-4-8-19(16)27-20/h3-13H,1-2H3,(H,24,26)/b23-12-. The number of para-hydroxylation sites is 1. The molecule has 6 heteroatoms.